The van der Waals surface area contributed by atoms with E-state index in [9.17, 15) is 19.8 Å². The zero-order valence-corrected chi connectivity index (χ0v) is 55.0. The quantitative estimate of drug-likeness (QED) is 0.0320. The SMILES string of the molecule is CCCCCCCCCCCCCCCCCCC(O)C(CO)NC(=O)CCCCCCCCCCCCCCCCCCC/C=C\C/C=C\CCCCCCCCCCCOC(=O)CCCCCCCCCCCCCCCCC. The minimum Gasteiger partial charge on any atom is -0.466 e. The van der Waals surface area contributed by atoms with Crippen LogP contribution in [0.2, 0.25) is 0 Å². The number of ether oxygens (including phenoxy) is 1. The van der Waals surface area contributed by atoms with Crippen molar-refractivity contribution in [2.45, 2.75) is 431 Å². The largest absolute Gasteiger partial charge is 0.466 e. The lowest BCUT2D eigenvalue weighted by molar-refractivity contribution is -0.143. The van der Waals surface area contributed by atoms with Crippen LogP contribution in [-0.2, 0) is 14.3 Å². The second-order valence-electron chi connectivity index (χ2n) is 25.6. The van der Waals surface area contributed by atoms with Crippen LogP contribution in [0.25, 0.3) is 0 Å². The summed E-state index contributed by atoms with van der Waals surface area (Å²) in [6, 6.07) is -0.540. The van der Waals surface area contributed by atoms with Crippen LogP contribution in [0.15, 0.2) is 24.3 Å². The summed E-state index contributed by atoms with van der Waals surface area (Å²) in [5.41, 5.74) is 0. The lowest BCUT2D eigenvalue weighted by atomic mass is 10.0. The van der Waals surface area contributed by atoms with Crippen LogP contribution in [0.4, 0.5) is 0 Å². The number of rotatable bonds is 70. The monoisotopic (exact) mass is 1140 g/mol. The van der Waals surface area contributed by atoms with Crippen LogP contribution in [0.3, 0.4) is 0 Å². The number of amides is 1. The van der Waals surface area contributed by atoms with E-state index in [2.05, 4.69) is 43.5 Å². The van der Waals surface area contributed by atoms with Crippen molar-refractivity contribution >= 4 is 11.9 Å². The standard InChI is InChI=1S/C75H145NO5/c1-3-5-7-9-11-13-15-17-19-40-43-47-51-55-59-63-67-73(78)72(71-77)76-74(79)68-64-60-56-52-48-44-41-37-35-33-31-29-27-25-23-21-20-22-24-26-28-30-32-34-36-38-42-46-50-54-58-62-66-70-81-75(80)69-65-61-57-53-49-45-39-18-16-14-12-10-8-6-4-2/h24,26,30,32,72-73,77-78H,3-23,25,27-29,31,33-71H2,1-2H3,(H,76,79)/b26-24-,32-30-. The van der Waals surface area contributed by atoms with Gasteiger partial charge in [0.05, 0.1) is 25.4 Å². The van der Waals surface area contributed by atoms with Gasteiger partial charge in [-0.05, 0) is 57.8 Å². The van der Waals surface area contributed by atoms with E-state index in [1.54, 1.807) is 0 Å². The summed E-state index contributed by atoms with van der Waals surface area (Å²) in [5, 5.41) is 23.4. The lowest BCUT2D eigenvalue weighted by Gasteiger charge is -2.22. The molecule has 480 valence electrons. The third-order valence-electron chi connectivity index (χ3n) is 17.5. The molecule has 0 aromatic heterocycles. The summed E-state index contributed by atoms with van der Waals surface area (Å²) < 4.78 is 5.50. The molecule has 0 aromatic carbocycles. The van der Waals surface area contributed by atoms with Gasteiger partial charge in [-0.1, -0.05) is 372 Å². The Hall–Kier alpha value is -1.66. The molecule has 0 fully saturated rings. The van der Waals surface area contributed by atoms with Crippen molar-refractivity contribution in [2.75, 3.05) is 13.2 Å². The maximum atomic E-state index is 12.5. The van der Waals surface area contributed by atoms with Crippen LogP contribution in [0, 0.1) is 0 Å². The molecule has 1 amide bonds. The van der Waals surface area contributed by atoms with Crippen molar-refractivity contribution in [1.82, 2.24) is 5.32 Å². The fraction of sp³-hybridized carbons (Fsp3) is 0.920. The first-order chi connectivity index (χ1) is 40.0. The highest BCUT2D eigenvalue weighted by atomic mass is 16.5. The topological polar surface area (TPSA) is 95.9 Å². The fourth-order valence-corrected chi connectivity index (χ4v) is 11.9. The lowest BCUT2D eigenvalue weighted by Crippen LogP contribution is -2.45. The molecular formula is C75H145NO5. The molecule has 0 heterocycles. The van der Waals surface area contributed by atoms with E-state index >= 15 is 0 Å². The number of unbranched alkanes of at least 4 members (excludes halogenated alkanes) is 55. The normalized spacial score (nSPS) is 12.6. The number of esters is 1. The van der Waals surface area contributed by atoms with Crippen LogP contribution >= 0.6 is 0 Å². The van der Waals surface area contributed by atoms with Crippen LogP contribution in [0.1, 0.15) is 418 Å². The van der Waals surface area contributed by atoms with Crippen LogP contribution < -0.4 is 5.32 Å². The van der Waals surface area contributed by atoms with Gasteiger partial charge in [0.25, 0.3) is 0 Å². The van der Waals surface area contributed by atoms with Gasteiger partial charge in [-0.25, -0.2) is 0 Å². The van der Waals surface area contributed by atoms with Gasteiger partial charge >= 0.3 is 5.97 Å². The molecule has 0 spiro atoms. The minimum atomic E-state index is -0.663. The molecule has 0 aromatic rings. The molecule has 81 heavy (non-hydrogen) atoms. The zero-order chi connectivity index (χ0) is 58.5. The maximum absolute atomic E-state index is 12.5. The highest BCUT2D eigenvalue weighted by Gasteiger charge is 2.20. The van der Waals surface area contributed by atoms with E-state index in [1.807, 2.05) is 0 Å². The van der Waals surface area contributed by atoms with Crippen molar-refractivity contribution in [2.24, 2.45) is 0 Å². The van der Waals surface area contributed by atoms with Crippen molar-refractivity contribution in [1.29, 1.82) is 0 Å². The molecule has 3 N–H and O–H groups in total. The Labute approximate surface area is 507 Å². The average Bonchev–Trinajstić information content (AvgIpc) is 3.47. The number of carbonyl (C=O) groups is 2. The predicted octanol–water partition coefficient (Wildman–Crippen LogP) is 24.1. The zero-order valence-electron chi connectivity index (χ0n) is 55.0. The minimum absolute atomic E-state index is 0.0179. The molecule has 0 bridgehead atoms. The smallest absolute Gasteiger partial charge is 0.305 e. The molecule has 0 saturated carbocycles. The Morgan fingerprint density at radius 3 is 0.938 bits per heavy atom. The molecule has 0 aliphatic heterocycles. The van der Waals surface area contributed by atoms with Gasteiger partial charge in [0, 0.05) is 12.8 Å². The van der Waals surface area contributed by atoms with Crippen molar-refractivity contribution < 1.29 is 24.5 Å². The van der Waals surface area contributed by atoms with E-state index in [-0.39, 0.29) is 18.5 Å². The maximum Gasteiger partial charge on any atom is 0.305 e. The van der Waals surface area contributed by atoms with Gasteiger partial charge in [0.2, 0.25) is 5.91 Å². The molecule has 2 unspecified atom stereocenters. The Kier molecular flexibility index (Phi) is 69.4. The number of aliphatic hydroxyl groups is 2. The molecule has 0 radical (unpaired) electrons. The fourth-order valence-electron chi connectivity index (χ4n) is 11.9. The third-order valence-corrected chi connectivity index (χ3v) is 17.5. The number of carbonyl (C=O) groups excluding carboxylic acids is 2. The van der Waals surface area contributed by atoms with Gasteiger partial charge < -0.3 is 20.3 Å². The van der Waals surface area contributed by atoms with Gasteiger partial charge in [0.1, 0.15) is 0 Å². The number of hydrogen-bond donors (Lipinski definition) is 3. The molecule has 0 aliphatic rings. The summed E-state index contributed by atoms with van der Waals surface area (Å²) in [5.74, 6) is -0.0116. The van der Waals surface area contributed by atoms with E-state index in [4.69, 9.17) is 4.74 Å². The number of hydrogen-bond acceptors (Lipinski definition) is 5. The number of allylic oxidation sites excluding steroid dienone is 4. The summed E-state index contributed by atoms with van der Waals surface area (Å²) in [6.07, 6.45) is 89.6. The Morgan fingerprint density at radius 1 is 0.346 bits per heavy atom. The highest BCUT2D eigenvalue weighted by Crippen LogP contribution is 2.19. The summed E-state index contributed by atoms with van der Waals surface area (Å²) >= 11 is 0. The summed E-state index contributed by atoms with van der Waals surface area (Å²) in [4.78, 5) is 24.6. The molecule has 6 heteroatoms. The Morgan fingerprint density at radius 2 is 0.617 bits per heavy atom. The van der Waals surface area contributed by atoms with Crippen molar-refractivity contribution in [3.63, 3.8) is 0 Å². The number of aliphatic hydroxyl groups excluding tert-OH is 2. The van der Waals surface area contributed by atoms with Crippen molar-refractivity contribution in [3.05, 3.63) is 24.3 Å². The molecule has 2 atom stereocenters. The van der Waals surface area contributed by atoms with Crippen LogP contribution in [0.5, 0.6) is 0 Å². The van der Waals surface area contributed by atoms with E-state index in [0.29, 0.717) is 25.9 Å². The average molecular weight is 1140 g/mol. The number of nitrogens with one attached hydrogen (secondary N) is 1. The summed E-state index contributed by atoms with van der Waals surface area (Å²) in [7, 11) is 0. The first kappa shape index (κ1) is 79.3. The third kappa shape index (κ3) is 67.3. The van der Waals surface area contributed by atoms with Crippen molar-refractivity contribution in [3.8, 4) is 0 Å². The van der Waals surface area contributed by atoms with E-state index in [1.165, 1.54) is 340 Å². The van der Waals surface area contributed by atoms with Gasteiger partial charge in [-0.3, -0.25) is 9.59 Å². The van der Waals surface area contributed by atoms with Gasteiger partial charge in [-0.15, -0.1) is 0 Å². The summed E-state index contributed by atoms with van der Waals surface area (Å²) in [6.45, 7) is 4.99. The molecule has 0 saturated heterocycles. The second kappa shape index (κ2) is 70.8. The first-order valence-corrected chi connectivity index (χ1v) is 37.1. The first-order valence-electron chi connectivity index (χ1n) is 37.1. The Bertz CT molecular complexity index is 1270. The van der Waals surface area contributed by atoms with E-state index in [0.717, 1.165) is 44.9 Å². The molecule has 0 aliphatic carbocycles. The van der Waals surface area contributed by atoms with E-state index < -0.39 is 12.1 Å². The highest BCUT2D eigenvalue weighted by molar-refractivity contribution is 5.76. The Balaban J connectivity index is 3.36. The van der Waals surface area contributed by atoms with Gasteiger partial charge in [0.15, 0.2) is 0 Å². The van der Waals surface area contributed by atoms with Gasteiger partial charge in [-0.2, -0.15) is 0 Å². The second-order valence-corrected chi connectivity index (χ2v) is 25.6. The molecule has 6 nitrogen and oxygen atoms in total. The molecular weight excluding hydrogens is 995 g/mol. The van der Waals surface area contributed by atoms with Crippen LogP contribution in [-0.4, -0.2) is 47.4 Å². The predicted molar refractivity (Wildman–Crippen MR) is 356 cm³/mol. The molecule has 0 rings (SSSR count).